The molecule has 0 saturated carbocycles. The zero-order valence-corrected chi connectivity index (χ0v) is 15.2. The normalized spacial score (nSPS) is 17.4. The standard InChI is InChI=1S/C16H17FN4O2S2/c1-10-19-20-16(25-10)24-8-5-13(22)21-7-6-18-15(23)14(21)11-3-2-4-12(17)9-11/h2-4,9,14H,5-8H2,1H3,(H,18,23). The number of halogens is 1. The zero-order chi connectivity index (χ0) is 17.8. The molecular weight excluding hydrogens is 363 g/mol. The van der Waals surface area contributed by atoms with Crippen molar-refractivity contribution in [3.63, 3.8) is 0 Å². The molecule has 1 aliphatic rings. The summed E-state index contributed by atoms with van der Waals surface area (Å²) < 4.78 is 14.3. The maximum Gasteiger partial charge on any atom is 0.247 e. The summed E-state index contributed by atoms with van der Waals surface area (Å²) in [6.07, 6.45) is 0.280. The van der Waals surface area contributed by atoms with Gasteiger partial charge in [-0.3, -0.25) is 9.59 Å². The molecule has 132 valence electrons. The van der Waals surface area contributed by atoms with E-state index in [0.29, 0.717) is 24.4 Å². The molecule has 25 heavy (non-hydrogen) atoms. The minimum Gasteiger partial charge on any atom is -0.352 e. The number of piperazine rings is 1. The number of nitrogens with one attached hydrogen (secondary N) is 1. The second-order valence-electron chi connectivity index (χ2n) is 5.52. The van der Waals surface area contributed by atoms with Crippen LogP contribution < -0.4 is 5.32 Å². The topological polar surface area (TPSA) is 75.2 Å². The van der Waals surface area contributed by atoms with Crippen molar-refractivity contribution < 1.29 is 14.0 Å². The molecule has 2 amide bonds. The van der Waals surface area contributed by atoms with Gasteiger partial charge in [-0.15, -0.1) is 10.2 Å². The number of carbonyl (C=O) groups is 2. The van der Waals surface area contributed by atoms with Gasteiger partial charge in [0.1, 0.15) is 16.9 Å². The molecule has 1 aromatic carbocycles. The van der Waals surface area contributed by atoms with Crippen LogP contribution >= 0.6 is 23.1 Å². The summed E-state index contributed by atoms with van der Waals surface area (Å²) in [5.74, 6) is -0.275. The molecule has 1 unspecified atom stereocenters. The Morgan fingerprint density at radius 1 is 1.48 bits per heavy atom. The van der Waals surface area contributed by atoms with E-state index >= 15 is 0 Å². The fourth-order valence-electron chi connectivity index (χ4n) is 2.65. The van der Waals surface area contributed by atoms with E-state index in [4.69, 9.17) is 0 Å². The molecule has 0 aliphatic carbocycles. The summed E-state index contributed by atoms with van der Waals surface area (Å²) in [5, 5.41) is 11.6. The Hall–Kier alpha value is -2.00. The van der Waals surface area contributed by atoms with Crippen molar-refractivity contribution in [2.45, 2.75) is 23.7 Å². The minimum atomic E-state index is -0.786. The lowest BCUT2D eigenvalue weighted by atomic mass is 10.0. The molecule has 0 radical (unpaired) electrons. The highest BCUT2D eigenvalue weighted by molar-refractivity contribution is 8.01. The molecule has 1 atom stereocenters. The first-order valence-corrected chi connectivity index (χ1v) is 9.60. The van der Waals surface area contributed by atoms with E-state index in [9.17, 15) is 14.0 Å². The van der Waals surface area contributed by atoms with Gasteiger partial charge in [-0.1, -0.05) is 35.2 Å². The fourth-order valence-corrected chi connectivity index (χ4v) is 4.46. The Morgan fingerprint density at radius 2 is 2.32 bits per heavy atom. The van der Waals surface area contributed by atoms with Crippen LogP contribution in [0.25, 0.3) is 0 Å². The second-order valence-corrected chi connectivity index (χ2v) is 8.04. The van der Waals surface area contributed by atoms with Gasteiger partial charge in [-0.05, 0) is 24.6 Å². The smallest absolute Gasteiger partial charge is 0.247 e. The summed E-state index contributed by atoms with van der Waals surface area (Å²) >= 11 is 2.96. The van der Waals surface area contributed by atoms with Gasteiger partial charge in [0.2, 0.25) is 11.8 Å². The van der Waals surface area contributed by atoms with Gasteiger partial charge in [0.05, 0.1) is 0 Å². The van der Waals surface area contributed by atoms with Crippen molar-refractivity contribution in [2.75, 3.05) is 18.8 Å². The Balaban J connectivity index is 1.67. The second kappa shape index (κ2) is 7.92. The predicted octanol–water partition coefficient (Wildman–Crippen LogP) is 2.17. The van der Waals surface area contributed by atoms with Crippen molar-refractivity contribution in [2.24, 2.45) is 0 Å². The van der Waals surface area contributed by atoms with Crippen LogP contribution in [0.2, 0.25) is 0 Å². The third kappa shape index (κ3) is 4.35. The van der Waals surface area contributed by atoms with E-state index in [-0.39, 0.29) is 18.2 Å². The van der Waals surface area contributed by atoms with E-state index in [0.717, 1.165) is 9.35 Å². The number of rotatable bonds is 5. The Morgan fingerprint density at radius 3 is 3.04 bits per heavy atom. The molecule has 6 nitrogen and oxygen atoms in total. The molecule has 1 fully saturated rings. The Kier molecular flexibility index (Phi) is 5.64. The van der Waals surface area contributed by atoms with E-state index in [1.165, 1.54) is 40.1 Å². The quantitative estimate of drug-likeness (QED) is 0.805. The molecule has 3 rings (SSSR count). The number of thioether (sulfide) groups is 1. The summed E-state index contributed by atoms with van der Waals surface area (Å²) in [4.78, 5) is 26.4. The van der Waals surface area contributed by atoms with Crippen LogP contribution in [0.3, 0.4) is 0 Å². The number of amides is 2. The zero-order valence-electron chi connectivity index (χ0n) is 13.6. The van der Waals surface area contributed by atoms with Gasteiger partial charge < -0.3 is 10.2 Å². The van der Waals surface area contributed by atoms with E-state index in [1.54, 1.807) is 12.1 Å². The summed E-state index contributed by atoms with van der Waals surface area (Å²) in [7, 11) is 0. The average Bonchev–Trinajstić information content (AvgIpc) is 2.99. The van der Waals surface area contributed by atoms with E-state index in [1.807, 2.05) is 6.92 Å². The highest BCUT2D eigenvalue weighted by atomic mass is 32.2. The van der Waals surface area contributed by atoms with E-state index in [2.05, 4.69) is 15.5 Å². The lowest BCUT2D eigenvalue weighted by Gasteiger charge is -2.35. The van der Waals surface area contributed by atoms with Gasteiger partial charge in [-0.2, -0.15) is 0 Å². The van der Waals surface area contributed by atoms with Gasteiger partial charge in [0.25, 0.3) is 0 Å². The van der Waals surface area contributed by atoms with Crippen molar-refractivity contribution in [3.05, 3.63) is 40.7 Å². The largest absolute Gasteiger partial charge is 0.352 e. The van der Waals surface area contributed by atoms with Crippen LogP contribution in [0.1, 0.15) is 23.0 Å². The maximum absolute atomic E-state index is 13.5. The molecule has 0 bridgehead atoms. The maximum atomic E-state index is 13.5. The first-order chi connectivity index (χ1) is 12.0. The number of benzene rings is 1. The summed E-state index contributed by atoms with van der Waals surface area (Å²) in [6.45, 7) is 2.69. The SMILES string of the molecule is Cc1nnc(SCCC(=O)N2CCNC(=O)C2c2cccc(F)c2)s1. The molecule has 2 heterocycles. The van der Waals surface area contributed by atoms with Gasteiger partial charge in [0.15, 0.2) is 4.34 Å². The molecule has 0 spiro atoms. The fraction of sp³-hybridized carbons (Fsp3) is 0.375. The predicted molar refractivity (Wildman–Crippen MR) is 93.9 cm³/mol. The van der Waals surface area contributed by atoms with Gasteiger partial charge in [0, 0.05) is 25.3 Å². The monoisotopic (exact) mass is 380 g/mol. The number of hydrogen-bond donors (Lipinski definition) is 1. The molecule has 9 heteroatoms. The minimum absolute atomic E-state index is 0.127. The lowest BCUT2D eigenvalue weighted by molar-refractivity contribution is -0.143. The number of carbonyl (C=O) groups excluding carboxylic acids is 2. The molecule has 1 saturated heterocycles. The van der Waals surface area contributed by atoms with Crippen molar-refractivity contribution in [1.82, 2.24) is 20.4 Å². The van der Waals surface area contributed by atoms with Crippen LogP contribution in [-0.4, -0.2) is 45.8 Å². The Labute approximate surface area is 152 Å². The first kappa shape index (κ1) is 17.8. The number of hydrogen-bond acceptors (Lipinski definition) is 6. The van der Waals surface area contributed by atoms with Crippen LogP contribution in [0.15, 0.2) is 28.6 Å². The van der Waals surface area contributed by atoms with Crippen molar-refractivity contribution in [3.8, 4) is 0 Å². The number of nitrogens with zero attached hydrogens (tertiary/aromatic N) is 3. The average molecular weight is 380 g/mol. The Bertz CT molecular complexity index is 783. The third-order valence-corrected chi connectivity index (χ3v) is 5.72. The van der Waals surface area contributed by atoms with Crippen LogP contribution in [-0.2, 0) is 9.59 Å². The molecule has 1 N–H and O–H groups in total. The third-order valence-electron chi connectivity index (χ3n) is 3.75. The summed E-state index contributed by atoms with van der Waals surface area (Å²) in [6, 6.07) is 5.04. The number of aryl methyl sites for hydroxylation is 1. The molecule has 2 aromatic rings. The highest BCUT2D eigenvalue weighted by Crippen LogP contribution is 2.26. The molecular formula is C16H17FN4O2S2. The van der Waals surface area contributed by atoms with Crippen LogP contribution in [0, 0.1) is 12.7 Å². The van der Waals surface area contributed by atoms with Crippen LogP contribution in [0.5, 0.6) is 0 Å². The molecule has 1 aliphatic heterocycles. The summed E-state index contributed by atoms with van der Waals surface area (Å²) in [5.41, 5.74) is 0.484. The highest BCUT2D eigenvalue weighted by Gasteiger charge is 2.34. The lowest BCUT2D eigenvalue weighted by Crippen LogP contribution is -2.52. The van der Waals surface area contributed by atoms with E-state index < -0.39 is 11.9 Å². The molecule has 1 aromatic heterocycles. The van der Waals surface area contributed by atoms with Gasteiger partial charge >= 0.3 is 0 Å². The van der Waals surface area contributed by atoms with Crippen molar-refractivity contribution >= 4 is 34.9 Å². The van der Waals surface area contributed by atoms with Crippen molar-refractivity contribution in [1.29, 1.82) is 0 Å². The first-order valence-electron chi connectivity index (χ1n) is 7.80. The van der Waals surface area contributed by atoms with Gasteiger partial charge in [-0.25, -0.2) is 4.39 Å². The van der Waals surface area contributed by atoms with Crippen LogP contribution in [0.4, 0.5) is 4.39 Å². The number of aromatic nitrogens is 2.